The fourth-order valence-corrected chi connectivity index (χ4v) is 5.33. The van der Waals surface area contributed by atoms with E-state index in [0.717, 1.165) is 25.4 Å². The van der Waals surface area contributed by atoms with E-state index >= 15 is 0 Å². The lowest BCUT2D eigenvalue weighted by atomic mass is 9.88. The van der Waals surface area contributed by atoms with Crippen LogP contribution in [0.25, 0.3) is 0 Å². The molecule has 4 rings (SSSR count). The maximum atomic E-state index is 13.5. The van der Waals surface area contributed by atoms with Crippen molar-refractivity contribution in [2.75, 3.05) is 33.3 Å². The van der Waals surface area contributed by atoms with E-state index in [1.807, 2.05) is 17.0 Å². The standard InChI is InChI=1S/C31H37FN2O2/c1-22(2)17-34(31(35)25-11-13-28(32)14-12-25)20-27-19-33(18-24-8-5-7-23(3)15-24)21-30(27)26-9-6-10-29(16-26)36-4/h5-16,22,27,30H,17-21H2,1-4H3/t27-,30+/m1/s1. The summed E-state index contributed by atoms with van der Waals surface area (Å²) in [6, 6.07) is 22.9. The quantitative estimate of drug-likeness (QED) is 0.362. The SMILES string of the molecule is COc1cccc([C@@H]2CN(Cc3cccc(C)c3)C[C@@H]2CN(CC(C)C)C(=O)c2ccc(F)cc2)c1. The number of hydrogen-bond donors (Lipinski definition) is 0. The Morgan fingerprint density at radius 3 is 2.50 bits per heavy atom. The molecule has 2 atom stereocenters. The Kier molecular flexibility index (Phi) is 8.42. The van der Waals surface area contributed by atoms with Crippen LogP contribution < -0.4 is 4.74 Å². The van der Waals surface area contributed by atoms with Crippen molar-refractivity contribution in [2.24, 2.45) is 11.8 Å². The third kappa shape index (κ3) is 6.52. The average molecular weight is 489 g/mol. The summed E-state index contributed by atoms with van der Waals surface area (Å²) >= 11 is 0. The van der Waals surface area contributed by atoms with Gasteiger partial charge in [0.25, 0.3) is 5.91 Å². The molecule has 0 unspecified atom stereocenters. The second-order valence-electron chi connectivity index (χ2n) is 10.4. The number of halogens is 1. The van der Waals surface area contributed by atoms with Gasteiger partial charge in [-0.3, -0.25) is 9.69 Å². The van der Waals surface area contributed by atoms with E-state index in [1.165, 1.54) is 28.8 Å². The maximum absolute atomic E-state index is 13.5. The lowest BCUT2D eigenvalue weighted by Crippen LogP contribution is -2.39. The highest BCUT2D eigenvalue weighted by Crippen LogP contribution is 2.36. The zero-order valence-corrected chi connectivity index (χ0v) is 21.8. The highest BCUT2D eigenvalue weighted by atomic mass is 19.1. The number of benzene rings is 3. The maximum Gasteiger partial charge on any atom is 0.253 e. The molecule has 36 heavy (non-hydrogen) atoms. The fraction of sp³-hybridized carbons (Fsp3) is 0.387. The first kappa shape index (κ1) is 25.9. The lowest BCUT2D eigenvalue weighted by Gasteiger charge is -2.30. The van der Waals surface area contributed by atoms with E-state index in [2.05, 4.69) is 62.1 Å². The van der Waals surface area contributed by atoms with Gasteiger partial charge in [0.2, 0.25) is 0 Å². The van der Waals surface area contributed by atoms with Gasteiger partial charge < -0.3 is 9.64 Å². The second-order valence-corrected chi connectivity index (χ2v) is 10.4. The van der Waals surface area contributed by atoms with Crippen molar-refractivity contribution in [1.29, 1.82) is 0 Å². The van der Waals surface area contributed by atoms with Gasteiger partial charge >= 0.3 is 0 Å². The zero-order chi connectivity index (χ0) is 25.7. The van der Waals surface area contributed by atoms with Crippen LogP contribution in [0.15, 0.2) is 72.8 Å². The monoisotopic (exact) mass is 488 g/mol. The minimum absolute atomic E-state index is 0.0368. The predicted molar refractivity (Wildman–Crippen MR) is 143 cm³/mol. The minimum atomic E-state index is -0.331. The Morgan fingerprint density at radius 2 is 1.81 bits per heavy atom. The molecule has 3 aromatic rings. The fourth-order valence-electron chi connectivity index (χ4n) is 5.33. The van der Waals surface area contributed by atoms with E-state index in [1.54, 1.807) is 19.2 Å². The summed E-state index contributed by atoms with van der Waals surface area (Å²) in [6.45, 7) is 10.4. The highest BCUT2D eigenvalue weighted by Gasteiger charge is 2.36. The van der Waals surface area contributed by atoms with E-state index in [0.29, 0.717) is 24.6 Å². The van der Waals surface area contributed by atoms with Crippen LogP contribution in [-0.2, 0) is 6.54 Å². The van der Waals surface area contributed by atoms with Gasteiger partial charge in [-0.05, 0) is 66.3 Å². The van der Waals surface area contributed by atoms with Gasteiger partial charge in [-0.15, -0.1) is 0 Å². The van der Waals surface area contributed by atoms with Crippen molar-refractivity contribution in [3.8, 4) is 5.75 Å². The normalized spacial score (nSPS) is 17.9. The van der Waals surface area contributed by atoms with Crippen molar-refractivity contribution in [2.45, 2.75) is 33.2 Å². The summed E-state index contributed by atoms with van der Waals surface area (Å²) in [5.74, 6) is 1.36. The van der Waals surface area contributed by atoms with E-state index in [-0.39, 0.29) is 23.6 Å². The van der Waals surface area contributed by atoms with E-state index in [9.17, 15) is 9.18 Å². The zero-order valence-electron chi connectivity index (χ0n) is 21.8. The summed E-state index contributed by atoms with van der Waals surface area (Å²) in [6.07, 6.45) is 0. The number of carbonyl (C=O) groups is 1. The number of methoxy groups -OCH3 is 1. The summed E-state index contributed by atoms with van der Waals surface area (Å²) < 4.78 is 19.0. The van der Waals surface area contributed by atoms with Crippen molar-refractivity contribution in [3.05, 3.63) is 101 Å². The summed E-state index contributed by atoms with van der Waals surface area (Å²) in [4.78, 5) is 18.0. The first-order valence-electron chi connectivity index (χ1n) is 12.8. The number of rotatable bonds is 9. The molecule has 0 bridgehead atoms. The van der Waals surface area contributed by atoms with Crippen molar-refractivity contribution < 1.29 is 13.9 Å². The number of carbonyl (C=O) groups excluding carboxylic acids is 1. The Balaban J connectivity index is 1.60. The molecule has 1 fully saturated rings. The van der Waals surface area contributed by atoms with Gasteiger partial charge in [-0.2, -0.15) is 0 Å². The van der Waals surface area contributed by atoms with Gasteiger partial charge in [0, 0.05) is 44.2 Å². The first-order chi connectivity index (χ1) is 17.3. The molecule has 0 spiro atoms. The molecule has 1 heterocycles. The van der Waals surface area contributed by atoms with Crippen LogP contribution in [0, 0.1) is 24.6 Å². The Morgan fingerprint density at radius 1 is 1.06 bits per heavy atom. The largest absolute Gasteiger partial charge is 0.497 e. The molecule has 0 N–H and O–H groups in total. The molecule has 1 amide bonds. The molecule has 0 radical (unpaired) electrons. The number of ether oxygens (including phenoxy) is 1. The molecule has 0 aromatic heterocycles. The number of nitrogens with zero attached hydrogens (tertiary/aromatic N) is 2. The van der Waals surface area contributed by atoms with Gasteiger partial charge in [-0.25, -0.2) is 4.39 Å². The number of aryl methyl sites for hydroxylation is 1. The van der Waals surface area contributed by atoms with Crippen molar-refractivity contribution in [1.82, 2.24) is 9.80 Å². The molecular weight excluding hydrogens is 451 g/mol. The van der Waals surface area contributed by atoms with Crippen LogP contribution in [0.3, 0.4) is 0 Å². The van der Waals surface area contributed by atoms with Crippen LogP contribution >= 0.6 is 0 Å². The van der Waals surface area contributed by atoms with Crippen molar-refractivity contribution >= 4 is 5.91 Å². The molecule has 1 aliphatic heterocycles. The van der Waals surface area contributed by atoms with Crippen LogP contribution in [0.5, 0.6) is 5.75 Å². The molecule has 0 saturated carbocycles. The second kappa shape index (κ2) is 11.7. The topological polar surface area (TPSA) is 32.8 Å². The first-order valence-corrected chi connectivity index (χ1v) is 12.8. The van der Waals surface area contributed by atoms with Crippen LogP contribution in [0.1, 0.15) is 46.8 Å². The Hall–Kier alpha value is -3.18. The van der Waals surface area contributed by atoms with Crippen LogP contribution in [0.4, 0.5) is 4.39 Å². The summed E-state index contributed by atoms with van der Waals surface area (Å²) in [5.41, 5.74) is 4.34. The minimum Gasteiger partial charge on any atom is -0.497 e. The Bertz CT molecular complexity index is 1160. The molecule has 3 aromatic carbocycles. The van der Waals surface area contributed by atoms with E-state index < -0.39 is 0 Å². The average Bonchev–Trinajstić information content (AvgIpc) is 3.25. The van der Waals surface area contributed by atoms with Crippen LogP contribution in [-0.4, -0.2) is 49.0 Å². The molecule has 1 saturated heterocycles. The third-order valence-electron chi connectivity index (χ3n) is 6.95. The van der Waals surface area contributed by atoms with Gasteiger partial charge in [0.1, 0.15) is 11.6 Å². The smallest absolute Gasteiger partial charge is 0.253 e. The highest BCUT2D eigenvalue weighted by molar-refractivity contribution is 5.94. The predicted octanol–water partition coefficient (Wildman–Crippen LogP) is 6.16. The van der Waals surface area contributed by atoms with Gasteiger partial charge in [-0.1, -0.05) is 55.8 Å². The number of likely N-dealkylation sites (tertiary alicyclic amines) is 1. The summed E-state index contributed by atoms with van der Waals surface area (Å²) in [5, 5.41) is 0. The molecule has 1 aliphatic rings. The molecule has 5 heteroatoms. The number of amides is 1. The van der Waals surface area contributed by atoms with Crippen LogP contribution in [0.2, 0.25) is 0 Å². The van der Waals surface area contributed by atoms with Gasteiger partial charge in [0.05, 0.1) is 7.11 Å². The number of hydrogen-bond acceptors (Lipinski definition) is 3. The van der Waals surface area contributed by atoms with Crippen molar-refractivity contribution in [3.63, 3.8) is 0 Å². The third-order valence-corrected chi connectivity index (χ3v) is 6.95. The summed E-state index contributed by atoms with van der Waals surface area (Å²) in [7, 11) is 1.70. The van der Waals surface area contributed by atoms with Gasteiger partial charge in [0.15, 0.2) is 0 Å². The molecule has 190 valence electrons. The molecular formula is C31H37FN2O2. The molecule has 0 aliphatic carbocycles. The van der Waals surface area contributed by atoms with E-state index in [4.69, 9.17) is 4.74 Å². The Labute approximate surface area is 214 Å². The lowest BCUT2D eigenvalue weighted by molar-refractivity contribution is 0.0703. The molecule has 4 nitrogen and oxygen atoms in total.